The number of guanidine groups is 1. The summed E-state index contributed by atoms with van der Waals surface area (Å²) in [6, 6.07) is 16.8. The molecule has 1 heterocycles. The number of aromatic hydroxyl groups is 1. The molecule has 3 rings (SSSR count). The number of hydrogen-bond acceptors (Lipinski definition) is 4. The number of benzene rings is 2. The first kappa shape index (κ1) is 21.6. The van der Waals surface area contributed by atoms with Crippen LogP contribution >= 0.6 is 0 Å². The molecule has 0 saturated carbocycles. The van der Waals surface area contributed by atoms with Gasteiger partial charge in [-0.15, -0.1) is 0 Å². The lowest BCUT2D eigenvalue weighted by molar-refractivity contribution is 0.0954. The second-order valence-electron chi connectivity index (χ2n) is 7.29. The summed E-state index contributed by atoms with van der Waals surface area (Å²) in [5.74, 6) is 0.885. The molecule has 1 amide bonds. The predicted octanol–water partition coefficient (Wildman–Crippen LogP) is 1.91. The highest BCUT2D eigenvalue weighted by atomic mass is 16.3. The van der Waals surface area contributed by atoms with Crippen LogP contribution in [0.15, 0.2) is 59.6 Å². The molecule has 7 nitrogen and oxygen atoms in total. The molecule has 3 N–H and O–H groups in total. The molecule has 0 aliphatic carbocycles. The fraction of sp³-hybridized carbons (Fsp3) is 0.391. The van der Waals surface area contributed by atoms with E-state index in [9.17, 15) is 9.90 Å². The molecule has 1 fully saturated rings. The van der Waals surface area contributed by atoms with Crippen molar-refractivity contribution in [3.8, 4) is 5.75 Å². The highest BCUT2D eigenvalue weighted by Crippen LogP contribution is 2.10. The van der Waals surface area contributed by atoms with Gasteiger partial charge in [-0.05, 0) is 36.8 Å². The fourth-order valence-electron chi connectivity index (χ4n) is 3.43. The van der Waals surface area contributed by atoms with Crippen LogP contribution in [0.1, 0.15) is 22.8 Å². The van der Waals surface area contributed by atoms with Crippen molar-refractivity contribution in [1.82, 2.24) is 20.4 Å². The van der Waals surface area contributed by atoms with Crippen molar-refractivity contribution in [2.75, 3.05) is 45.8 Å². The van der Waals surface area contributed by atoms with Gasteiger partial charge in [-0.25, -0.2) is 0 Å². The fourth-order valence-corrected chi connectivity index (χ4v) is 3.43. The molecule has 0 unspecified atom stereocenters. The molecule has 1 saturated heterocycles. The number of phenolic OH excluding ortho intramolecular Hbond substituents is 1. The molecule has 0 atom stereocenters. The van der Waals surface area contributed by atoms with E-state index in [0.717, 1.165) is 45.2 Å². The predicted molar refractivity (Wildman–Crippen MR) is 120 cm³/mol. The summed E-state index contributed by atoms with van der Waals surface area (Å²) in [7, 11) is 0. The van der Waals surface area contributed by atoms with Gasteiger partial charge in [0.1, 0.15) is 5.75 Å². The summed E-state index contributed by atoms with van der Waals surface area (Å²) in [5, 5.41) is 15.5. The quantitative estimate of drug-likeness (QED) is 0.370. The van der Waals surface area contributed by atoms with Crippen molar-refractivity contribution in [3.63, 3.8) is 0 Å². The van der Waals surface area contributed by atoms with E-state index in [1.165, 1.54) is 17.7 Å². The van der Waals surface area contributed by atoms with E-state index in [0.29, 0.717) is 18.7 Å². The Kier molecular flexibility index (Phi) is 8.09. The molecule has 1 aliphatic rings. The van der Waals surface area contributed by atoms with Crippen molar-refractivity contribution < 1.29 is 9.90 Å². The van der Waals surface area contributed by atoms with Crippen LogP contribution in [0.5, 0.6) is 5.75 Å². The lowest BCUT2D eigenvalue weighted by Crippen LogP contribution is -2.52. The number of hydrogen-bond donors (Lipinski definition) is 3. The summed E-state index contributed by atoms with van der Waals surface area (Å²) in [5.41, 5.74) is 1.87. The SMILES string of the molecule is CCNC(=NCCNC(=O)c1ccc(O)cc1)N1CCN(Cc2ccccc2)CC1. The monoisotopic (exact) mass is 409 g/mol. The van der Waals surface area contributed by atoms with Crippen LogP contribution in [0, 0.1) is 0 Å². The second-order valence-corrected chi connectivity index (χ2v) is 7.29. The van der Waals surface area contributed by atoms with Gasteiger partial charge < -0.3 is 20.6 Å². The first-order valence-electron chi connectivity index (χ1n) is 10.5. The summed E-state index contributed by atoms with van der Waals surface area (Å²) >= 11 is 0. The lowest BCUT2D eigenvalue weighted by atomic mass is 10.2. The van der Waals surface area contributed by atoms with Gasteiger partial charge in [0.25, 0.3) is 5.91 Å². The van der Waals surface area contributed by atoms with Crippen LogP contribution in [0.3, 0.4) is 0 Å². The zero-order valence-electron chi connectivity index (χ0n) is 17.6. The molecular formula is C23H31N5O2. The molecule has 1 aliphatic heterocycles. The van der Waals surface area contributed by atoms with Crippen LogP contribution in [-0.2, 0) is 6.54 Å². The zero-order chi connectivity index (χ0) is 21.2. The van der Waals surface area contributed by atoms with Crippen molar-refractivity contribution in [1.29, 1.82) is 0 Å². The van der Waals surface area contributed by atoms with Gasteiger partial charge in [0, 0.05) is 51.4 Å². The number of piperazine rings is 1. The Morgan fingerprint density at radius 2 is 1.70 bits per heavy atom. The molecule has 0 bridgehead atoms. The minimum atomic E-state index is -0.162. The third kappa shape index (κ3) is 6.49. The number of nitrogens with zero attached hydrogens (tertiary/aromatic N) is 3. The van der Waals surface area contributed by atoms with Gasteiger partial charge in [-0.2, -0.15) is 0 Å². The minimum absolute atomic E-state index is 0.148. The second kappa shape index (κ2) is 11.2. The summed E-state index contributed by atoms with van der Waals surface area (Å²) in [6.45, 7) is 8.67. The van der Waals surface area contributed by atoms with Crippen LogP contribution in [-0.4, -0.2) is 72.6 Å². The Hall–Kier alpha value is -3.06. The van der Waals surface area contributed by atoms with E-state index < -0.39 is 0 Å². The Balaban J connectivity index is 1.45. The maximum Gasteiger partial charge on any atom is 0.251 e. The van der Waals surface area contributed by atoms with E-state index in [-0.39, 0.29) is 11.7 Å². The van der Waals surface area contributed by atoms with Crippen LogP contribution in [0.2, 0.25) is 0 Å². The van der Waals surface area contributed by atoms with Gasteiger partial charge >= 0.3 is 0 Å². The number of nitrogens with one attached hydrogen (secondary N) is 2. The lowest BCUT2D eigenvalue weighted by Gasteiger charge is -2.36. The number of rotatable bonds is 7. The van der Waals surface area contributed by atoms with Crippen molar-refractivity contribution in [2.24, 2.45) is 4.99 Å². The maximum absolute atomic E-state index is 12.1. The van der Waals surface area contributed by atoms with Crippen LogP contribution in [0.25, 0.3) is 0 Å². The molecule has 160 valence electrons. The highest BCUT2D eigenvalue weighted by Gasteiger charge is 2.19. The first-order valence-corrected chi connectivity index (χ1v) is 10.5. The summed E-state index contributed by atoms with van der Waals surface area (Å²) in [6.07, 6.45) is 0. The van der Waals surface area contributed by atoms with E-state index in [4.69, 9.17) is 0 Å². The van der Waals surface area contributed by atoms with E-state index in [1.807, 2.05) is 6.07 Å². The molecule has 2 aromatic carbocycles. The van der Waals surface area contributed by atoms with Crippen LogP contribution < -0.4 is 10.6 Å². The number of carbonyl (C=O) groups is 1. The van der Waals surface area contributed by atoms with Crippen LogP contribution in [0.4, 0.5) is 0 Å². The van der Waals surface area contributed by atoms with Crippen molar-refractivity contribution in [2.45, 2.75) is 13.5 Å². The molecule has 0 radical (unpaired) electrons. The normalized spacial score (nSPS) is 15.1. The van der Waals surface area contributed by atoms with Gasteiger partial charge in [0.05, 0.1) is 6.54 Å². The molecule has 7 heteroatoms. The third-order valence-corrected chi connectivity index (χ3v) is 5.04. The number of carbonyl (C=O) groups excluding carboxylic acids is 1. The van der Waals surface area contributed by atoms with Gasteiger partial charge in [-0.3, -0.25) is 14.7 Å². The van der Waals surface area contributed by atoms with Gasteiger partial charge in [-0.1, -0.05) is 30.3 Å². The molecule has 0 spiro atoms. The summed E-state index contributed by atoms with van der Waals surface area (Å²) in [4.78, 5) is 21.6. The minimum Gasteiger partial charge on any atom is -0.508 e. The largest absolute Gasteiger partial charge is 0.508 e. The van der Waals surface area contributed by atoms with E-state index >= 15 is 0 Å². The van der Waals surface area contributed by atoms with E-state index in [1.54, 1.807) is 12.1 Å². The summed E-state index contributed by atoms with van der Waals surface area (Å²) < 4.78 is 0. The van der Waals surface area contributed by atoms with Gasteiger partial charge in [0.15, 0.2) is 5.96 Å². The first-order chi connectivity index (χ1) is 14.7. The van der Waals surface area contributed by atoms with E-state index in [2.05, 4.69) is 56.6 Å². The third-order valence-electron chi connectivity index (χ3n) is 5.04. The Morgan fingerprint density at radius 1 is 1.00 bits per heavy atom. The number of phenols is 1. The van der Waals surface area contributed by atoms with Crippen molar-refractivity contribution in [3.05, 3.63) is 65.7 Å². The average Bonchev–Trinajstić information content (AvgIpc) is 2.77. The molecular weight excluding hydrogens is 378 g/mol. The highest BCUT2D eigenvalue weighted by molar-refractivity contribution is 5.94. The average molecular weight is 410 g/mol. The standard InChI is InChI=1S/C23H31N5O2/c1-2-24-23(26-13-12-25-22(30)20-8-10-21(29)11-9-20)28-16-14-27(15-17-28)18-19-6-4-3-5-7-19/h3-11,29H,2,12-18H2,1H3,(H,24,26)(H,25,30). The van der Waals surface area contributed by atoms with Gasteiger partial charge in [0.2, 0.25) is 0 Å². The topological polar surface area (TPSA) is 80.2 Å². The van der Waals surface area contributed by atoms with Crippen molar-refractivity contribution >= 4 is 11.9 Å². The smallest absolute Gasteiger partial charge is 0.251 e. The molecule has 0 aromatic heterocycles. The Bertz CT molecular complexity index is 815. The zero-order valence-corrected chi connectivity index (χ0v) is 17.6. The molecule has 30 heavy (non-hydrogen) atoms. The molecule has 2 aromatic rings. The Labute approximate surface area is 178 Å². The number of aliphatic imine (C=N–C) groups is 1. The Morgan fingerprint density at radius 3 is 2.37 bits per heavy atom. The number of amides is 1. The maximum atomic E-state index is 12.1.